The number of nitrogens with zero attached hydrogens (tertiary/aromatic N) is 1. The first-order valence-electron chi connectivity index (χ1n) is 13.1. The van der Waals surface area contributed by atoms with Crippen LogP contribution in [0.25, 0.3) is 27.8 Å². The summed E-state index contributed by atoms with van der Waals surface area (Å²) in [5, 5.41) is 9.91. The highest BCUT2D eigenvalue weighted by molar-refractivity contribution is 6.17. The van der Waals surface area contributed by atoms with Gasteiger partial charge in [-0.25, -0.2) is 4.79 Å². The van der Waals surface area contributed by atoms with E-state index < -0.39 is 5.97 Å². The molecular formula is C36H29NO2. The van der Waals surface area contributed by atoms with E-state index in [1.807, 2.05) is 42.5 Å². The lowest BCUT2D eigenvalue weighted by Crippen LogP contribution is -2.17. The van der Waals surface area contributed by atoms with E-state index in [2.05, 4.69) is 104 Å². The van der Waals surface area contributed by atoms with Gasteiger partial charge in [-0.2, -0.15) is 0 Å². The lowest BCUT2D eigenvalue weighted by atomic mass is 9.82. The van der Waals surface area contributed by atoms with Crippen molar-refractivity contribution in [1.82, 2.24) is 0 Å². The molecule has 0 spiro atoms. The molecule has 0 unspecified atom stereocenters. The van der Waals surface area contributed by atoms with Crippen molar-refractivity contribution in [3.8, 4) is 22.3 Å². The van der Waals surface area contributed by atoms with Crippen molar-refractivity contribution in [2.24, 2.45) is 0 Å². The summed E-state index contributed by atoms with van der Waals surface area (Å²) in [5.74, 6) is -1.04. The molecule has 1 aliphatic rings. The van der Waals surface area contributed by atoms with Crippen LogP contribution in [0.3, 0.4) is 0 Å². The highest BCUT2D eigenvalue weighted by atomic mass is 16.4. The van der Waals surface area contributed by atoms with Crippen molar-refractivity contribution in [2.75, 3.05) is 4.90 Å². The van der Waals surface area contributed by atoms with Crippen molar-refractivity contribution in [2.45, 2.75) is 19.3 Å². The maximum atomic E-state index is 12.1. The Bertz CT molecular complexity index is 1730. The number of hydrogen-bond donors (Lipinski definition) is 1. The average molecular weight is 508 g/mol. The van der Waals surface area contributed by atoms with Gasteiger partial charge in [0, 0.05) is 22.2 Å². The van der Waals surface area contributed by atoms with Crippen LogP contribution in [0.4, 0.5) is 17.1 Å². The molecule has 1 N–H and O–H groups in total. The van der Waals surface area contributed by atoms with E-state index in [4.69, 9.17) is 0 Å². The van der Waals surface area contributed by atoms with E-state index in [0.29, 0.717) is 5.56 Å². The standard InChI is InChI=1S/C36H29NO2/c1-24(35(38)39)28-17-8-10-21-32(28)37(27-16-11-15-26(23-27)25-13-5-4-6-14-25)33-22-12-20-31-34(33)29-18-7-9-19-30(29)36(31,2)3/h4-23H,1H2,2-3H3,(H,38,39). The molecule has 0 radical (unpaired) electrons. The molecule has 0 fully saturated rings. The number of hydrogen-bond acceptors (Lipinski definition) is 2. The Morgan fingerprint density at radius 2 is 1.31 bits per heavy atom. The molecule has 0 aliphatic heterocycles. The van der Waals surface area contributed by atoms with Crippen molar-refractivity contribution in [1.29, 1.82) is 0 Å². The van der Waals surface area contributed by atoms with Gasteiger partial charge in [0.05, 0.1) is 16.9 Å². The normalized spacial score (nSPS) is 12.9. The van der Waals surface area contributed by atoms with Crippen LogP contribution < -0.4 is 4.90 Å². The van der Waals surface area contributed by atoms with E-state index in [-0.39, 0.29) is 11.0 Å². The number of carboxylic acids is 1. The molecule has 0 heterocycles. The van der Waals surface area contributed by atoms with Crippen LogP contribution in [-0.4, -0.2) is 11.1 Å². The van der Waals surface area contributed by atoms with E-state index in [1.165, 1.54) is 22.3 Å². The highest BCUT2D eigenvalue weighted by Crippen LogP contribution is 2.54. The Labute approximate surface area is 229 Å². The molecule has 3 heteroatoms. The molecule has 0 saturated heterocycles. The van der Waals surface area contributed by atoms with Gasteiger partial charge in [-0.3, -0.25) is 0 Å². The van der Waals surface area contributed by atoms with Crippen LogP contribution >= 0.6 is 0 Å². The number of anilines is 3. The third-order valence-corrected chi connectivity index (χ3v) is 7.77. The summed E-state index contributed by atoms with van der Waals surface area (Å²) in [5.41, 5.74) is 10.3. The zero-order valence-electron chi connectivity index (χ0n) is 22.1. The van der Waals surface area contributed by atoms with Gasteiger partial charge in [-0.15, -0.1) is 0 Å². The quantitative estimate of drug-likeness (QED) is 0.233. The second kappa shape index (κ2) is 9.45. The molecule has 1 aliphatic carbocycles. The zero-order chi connectivity index (χ0) is 27.1. The molecule has 39 heavy (non-hydrogen) atoms. The SMILES string of the molecule is C=C(C(=O)O)c1ccccc1N(c1cccc(-c2ccccc2)c1)c1cccc2c1-c1ccccc1C2(C)C. The number of carbonyl (C=O) groups is 1. The summed E-state index contributed by atoms with van der Waals surface area (Å²) in [6.07, 6.45) is 0. The van der Waals surface area contributed by atoms with Gasteiger partial charge in [-0.1, -0.05) is 117 Å². The first-order chi connectivity index (χ1) is 18.9. The van der Waals surface area contributed by atoms with Gasteiger partial charge in [-0.05, 0) is 52.1 Å². The molecule has 190 valence electrons. The number of carboxylic acid groups (broad SMARTS) is 1. The summed E-state index contributed by atoms with van der Waals surface area (Å²) in [4.78, 5) is 14.3. The molecule has 6 rings (SSSR count). The fraction of sp³-hybridized carbons (Fsp3) is 0.0833. The van der Waals surface area contributed by atoms with Crippen molar-refractivity contribution in [3.05, 3.63) is 145 Å². The van der Waals surface area contributed by atoms with E-state index in [0.717, 1.165) is 28.2 Å². The molecule has 5 aromatic rings. The monoisotopic (exact) mass is 507 g/mol. The lowest BCUT2D eigenvalue weighted by molar-refractivity contribution is -0.130. The predicted octanol–water partition coefficient (Wildman–Crippen LogP) is 9.23. The Kier molecular flexibility index (Phi) is 5.92. The number of benzene rings is 5. The molecule has 0 bridgehead atoms. The largest absolute Gasteiger partial charge is 0.478 e. The van der Waals surface area contributed by atoms with E-state index in [1.54, 1.807) is 0 Å². The molecule has 3 nitrogen and oxygen atoms in total. The second-order valence-electron chi connectivity index (χ2n) is 10.4. The van der Waals surface area contributed by atoms with Gasteiger partial charge in [0.15, 0.2) is 0 Å². The van der Waals surface area contributed by atoms with Crippen molar-refractivity contribution < 1.29 is 9.90 Å². The van der Waals surface area contributed by atoms with Crippen LogP contribution in [0.1, 0.15) is 30.5 Å². The zero-order valence-corrected chi connectivity index (χ0v) is 22.1. The van der Waals surface area contributed by atoms with Crippen LogP contribution in [0.5, 0.6) is 0 Å². The number of aliphatic carboxylic acids is 1. The van der Waals surface area contributed by atoms with Crippen LogP contribution in [0, 0.1) is 0 Å². The minimum absolute atomic E-state index is 0.0584. The molecule has 5 aromatic carbocycles. The Balaban J connectivity index is 1.66. The van der Waals surface area contributed by atoms with Crippen LogP contribution in [-0.2, 0) is 10.2 Å². The second-order valence-corrected chi connectivity index (χ2v) is 10.4. The van der Waals surface area contributed by atoms with Gasteiger partial charge in [0.25, 0.3) is 0 Å². The number of fused-ring (bicyclic) bond motifs is 3. The molecule has 0 aromatic heterocycles. The molecule has 0 amide bonds. The minimum atomic E-state index is -1.04. The summed E-state index contributed by atoms with van der Waals surface area (Å²) in [6, 6.07) is 41.3. The summed E-state index contributed by atoms with van der Waals surface area (Å²) < 4.78 is 0. The molecule has 0 atom stereocenters. The van der Waals surface area contributed by atoms with Crippen LogP contribution in [0.2, 0.25) is 0 Å². The van der Waals surface area contributed by atoms with Gasteiger partial charge < -0.3 is 10.0 Å². The average Bonchev–Trinajstić information content (AvgIpc) is 3.21. The van der Waals surface area contributed by atoms with E-state index in [9.17, 15) is 9.90 Å². The van der Waals surface area contributed by atoms with Crippen LogP contribution in [0.15, 0.2) is 128 Å². The molecular weight excluding hydrogens is 478 g/mol. The van der Waals surface area contributed by atoms with Gasteiger partial charge in [0.1, 0.15) is 0 Å². The lowest BCUT2D eigenvalue weighted by Gasteiger charge is -2.30. The minimum Gasteiger partial charge on any atom is -0.478 e. The van der Waals surface area contributed by atoms with Gasteiger partial charge in [0.2, 0.25) is 0 Å². The Hall–Kier alpha value is -4.89. The highest BCUT2D eigenvalue weighted by Gasteiger charge is 2.38. The number of para-hydroxylation sites is 1. The third kappa shape index (κ3) is 4.04. The Morgan fingerprint density at radius 3 is 2.10 bits per heavy atom. The topological polar surface area (TPSA) is 40.5 Å². The fourth-order valence-electron chi connectivity index (χ4n) is 5.82. The first kappa shape index (κ1) is 24.4. The summed E-state index contributed by atoms with van der Waals surface area (Å²) in [7, 11) is 0. The summed E-state index contributed by atoms with van der Waals surface area (Å²) >= 11 is 0. The smallest absolute Gasteiger partial charge is 0.335 e. The van der Waals surface area contributed by atoms with Crippen molar-refractivity contribution >= 4 is 28.6 Å². The molecule has 0 saturated carbocycles. The van der Waals surface area contributed by atoms with Gasteiger partial charge >= 0.3 is 5.97 Å². The van der Waals surface area contributed by atoms with E-state index >= 15 is 0 Å². The maximum Gasteiger partial charge on any atom is 0.335 e. The van der Waals surface area contributed by atoms with Crippen molar-refractivity contribution in [3.63, 3.8) is 0 Å². The maximum absolute atomic E-state index is 12.1. The Morgan fingerprint density at radius 1 is 0.692 bits per heavy atom. The fourth-order valence-corrected chi connectivity index (χ4v) is 5.82. The third-order valence-electron chi connectivity index (χ3n) is 7.77. The first-order valence-corrected chi connectivity index (χ1v) is 13.1. The number of rotatable bonds is 6. The predicted molar refractivity (Wildman–Crippen MR) is 161 cm³/mol. The summed E-state index contributed by atoms with van der Waals surface area (Å²) in [6.45, 7) is 8.46.